The molecular formula is C14H29NO4. The highest BCUT2D eigenvalue weighted by Crippen LogP contribution is 1.94. The lowest BCUT2D eigenvalue weighted by atomic mass is 10.1. The van der Waals surface area contributed by atoms with E-state index in [1.165, 1.54) is 0 Å². The van der Waals surface area contributed by atoms with Gasteiger partial charge in [-0.05, 0) is 0 Å². The van der Waals surface area contributed by atoms with E-state index in [1.807, 2.05) is 13.8 Å². The fraction of sp³-hybridized carbons (Fsp3) is 0.929. The van der Waals surface area contributed by atoms with Gasteiger partial charge in [-0.3, -0.25) is 4.79 Å². The van der Waals surface area contributed by atoms with Crippen molar-refractivity contribution in [1.29, 1.82) is 0 Å². The van der Waals surface area contributed by atoms with Crippen LogP contribution in [0.2, 0.25) is 0 Å². The van der Waals surface area contributed by atoms with Crippen LogP contribution in [0.4, 0.5) is 0 Å². The smallest absolute Gasteiger partial charge is 0.160 e. The second-order valence-corrected chi connectivity index (χ2v) is 5.01. The molecule has 0 fully saturated rings. The quantitative estimate of drug-likeness (QED) is 0.513. The molecule has 0 saturated carbocycles. The molecule has 0 aliphatic carbocycles. The second-order valence-electron chi connectivity index (χ2n) is 5.01. The van der Waals surface area contributed by atoms with Gasteiger partial charge in [0.15, 0.2) is 5.78 Å². The van der Waals surface area contributed by atoms with Crippen LogP contribution in [0.3, 0.4) is 0 Å². The standard InChI is InChI=1S/C14H29NO4/c1-12(2)14(16)11-19-10-9-18-8-7-17-6-5-15-13(3)4/h12-13,15H,5-11H2,1-4H3. The molecule has 0 amide bonds. The predicted octanol–water partition coefficient (Wildman–Crippen LogP) is 1.26. The summed E-state index contributed by atoms with van der Waals surface area (Å²) in [6, 6.07) is 0.491. The Morgan fingerprint density at radius 3 is 1.95 bits per heavy atom. The van der Waals surface area contributed by atoms with Crippen molar-refractivity contribution in [2.75, 3.05) is 46.2 Å². The topological polar surface area (TPSA) is 56.8 Å². The van der Waals surface area contributed by atoms with Crippen LogP contribution in [0.25, 0.3) is 0 Å². The van der Waals surface area contributed by atoms with E-state index >= 15 is 0 Å². The molecule has 114 valence electrons. The van der Waals surface area contributed by atoms with Crippen LogP contribution in [0.1, 0.15) is 27.7 Å². The molecule has 0 aliphatic rings. The first-order chi connectivity index (χ1) is 9.04. The van der Waals surface area contributed by atoms with Crippen molar-refractivity contribution in [2.24, 2.45) is 5.92 Å². The molecule has 0 unspecified atom stereocenters. The fourth-order valence-corrected chi connectivity index (χ4v) is 1.20. The van der Waals surface area contributed by atoms with Crippen LogP contribution in [0, 0.1) is 5.92 Å². The van der Waals surface area contributed by atoms with Crippen LogP contribution >= 0.6 is 0 Å². The molecule has 0 atom stereocenters. The minimum absolute atomic E-state index is 0.0359. The summed E-state index contributed by atoms with van der Waals surface area (Å²) in [5.74, 6) is 0.162. The Labute approximate surface area is 117 Å². The van der Waals surface area contributed by atoms with E-state index in [1.54, 1.807) is 0 Å². The third-order valence-corrected chi connectivity index (χ3v) is 2.43. The Balaban J connectivity index is 3.09. The van der Waals surface area contributed by atoms with E-state index in [0.717, 1.165) is 6.54 Å². The van der Waals surface area contributed by atoms with E-state index < -0.39 is 0 Å². The Morgan fingerprint density at radius 1 is 0.895 bits per heavy atom. The van der Waals surface area contributed by atoms with Crippen molar-refractivity contribution in [3.8, 4) is 0 Å². The first-order valence-electron chi connectivity index (χ1n) is 7.03. The molecule has 19 heavy (non-hydrogen) atoms. The zero-order valence-corrected chi connectivity index (χ0v) is 12.7. The number of Topliss-reactive ketones (excluding diaryl/α,β-unsaturated/α-hetero) is 1. The van der Waals surface area contributed by atoms with Gasteiger partial charge in [0.1, 0.15) is 6.61 Å². The molecule has 1 N–H and O–H groups in total. The molecule has 0 saturated heterocycles. The van der Waals surface area contributed by atoms with Crippen molar-refractivity contribution in [3.63, 3.8) is 0 Å². The Kier molecular flexibility index (Phi) is 12.2. The minimum atomic E-state index is 0.0359. The number of ether oxygens (including phenoxy) is 3. The molecule has 0 bridgehead atoms. The molecular weight excluding hydrogens is 246 g/mol. The number of hydrogen-bond donors (Lipinski definition) is 1. The fourth-order valence-electron chi connectivity index (χ4n) is 1.20. The molecule has 0 aromatic rings. The maximum Gasteiger partial charge on any atom is 0.160 e. The molecule has 0 heterocycles. The number of ketones is 1. The Bertz CT molecular complexity index is 219. The van der Waals surface area contributed by atoms with E-state index in [0.29, 0.717) is 39.1 Å². The van der Waals surface area contributed by atoms with Crippen LogP contribution in [-0.2, 0) is 19.0 Å². The molecule has 0 aromatic heterocycles. The van der Waals surface area contributed by atoms with Gasteiger partial charge < -0.3 is 19.5 Å². The van der Waals surface area contributed by atoms with Gasteiger partial charge in [-0.1, -0.05) is 27.7 Å². The Hall–Kier alpha value is -0.490. The van der Waals surface area contributed by atoms with Gasteiger partial charge >= 0.3 is 0 Å². The SMILES string of the molecule is CC(C)NCCOCCOCCOCC(=O)C(C)C. The first-order valence-corrected chi connectivity index (χ1v) is 7.03. The molecule has 0 aliphatic heterocycles. The monoisotopic (exact) mass is 275 g/mol. The summed E-state index contributed by atoms with van der Waals surface area (Å²) in [4.78, 5) is 11.2. The predicted molar refractivity (Wildman–Crippen MR) is 75.4 cm³/mol. The van der Waals surface area contributed by atoms with Gasteiger partial charge in [0.2, 0.25) is 0 Å². The van der Waals surface area contributed by atoms with Crippen LogP contribution < -0.4 is 5.32 Å². The van der Waals surface area contributed by atoms with Crippen molar-refractivity contribution >= 4 is 5.78 Å². The normalized spacial score (nSPS) is 11.5. The summed E-state index contributed by atoms with van der Waals surface area (Å²) in [7, 11) is 0. The summed E-state index contributed by atoms with van der Waals surface area (Å²) >= 11 is 0. The van der Waals surface area contributed by atoms with Crippen LogP contribution in [0.5, 0.6) is 0 Å². The third kappa shape index (κ3) is 13.7. The summed E-state index contributed by atoms with van der Waals surface area (Å²) in [5.41, 5.74) is 0. The highest BCUT2D eigenvalue weighted by molar-refractivity contribution is 5.81. The Morgan fingerprint density at radius 2 is 1.42 bits per heavy atom. The van der Waals surface area contributed by atoms with Crippen LogP contribution in [-0.4, -0.2) is 58.0 Å². The van der Waals surface area contributed by atoms with E-state index in [2.05, 4.69) is 19.2 Å². The number of nitrogens with one attached hydrogen (secondary N) is 1. The molecule has 0 rings (SSSR count). The zero-order valence-electron chi connectivity index (χ0n) is 12.7. The van der Waals surface area contributed by atoms with Gasteiger partial charge in [-0.15, -0.1) is 0 Å². The largest absolute Gasteiger partial charge is 0.378 e. The van der Waals surface area contributed by atoms with E-state index in [9.17, 15) is 4.79 Å². The highest BCUT2D eigenvalue weighted by atomic mass is 16.5. The van der Waals surface area contributed by atoms with E-state index in [4.69, 9.17) is 14.2 Å². The number of hydrogen-bond acceptors (Lipinski definition) is 5. The molecule has 0 aromatic carbocycles. The highest BCUT2D eigenvalue weighted by Gasteiger charge is 2.06. The minimum Gasteiger partial charge on any atom is -0.378 e. The lowest BCUT2D eigenvalue weighted by Crippen LogP contribution is -2.27. The molecule has 0 radical (unpaired) electrons. The van der Waals surface area contributed by atoms with Crippen molar-refractivity contribution in [3.05, 3.63) is 0 Å². The van der Waals surface area contributed by atoms with E-state index in [-0.39, 0.29) is 18.3 Å². The van der Waals surface area contributed by atoms with Gasteiger partial charge in [0, 0.05) is 18.5 Å². The number of rotatable bonds is 13. The molecule has 0 spiro atoms. The molecule has 5 heteroatoms. The summed E-state index contributed by atoms with van der Waals surface area (Å²) < 4.78 is 15.9. The van der Waals surface area contributed by atoms with Gasteiger partial charge in [0.05, 0.1) is 33.0 Å². The summed E-state index contributed by atoms with van der Waals surface area (Å²) in [5, 5.41) is 3.27. The average molecular weight is 275 g/mol. The van der Waals surface area contributed by atoms with Crippen molar-refractivity contribution in [2.45, 2.75) is 33.7 Å². The van der Waals surface area contributed by atoms with Crippen molar-refractivity contribution < 1.29 is 19.0 Å². The summed E-state index contributed by atoms with van der Waals surface area (Å²) in [6.45, 7) is 11.8. The summed E-state index contributed by atoms with van der Waals surface area (Å²) in [6.07, 6.45) is 0. The zero-order chi connectivity index (χ0) is 14.5. The van der Waals surface area contributed by atoms with Crippen molar-refractivity contribution in [1.82, 2.24) is 5.32 Å². The maximum atomic E-state index is 11.2. The lowest BCUT2D eigenvalue weighted by molar-refractivity contribution is -0.127. The first kappa shape index (κ1) is 18.5. The lowest BCUT2D eigenvalue weighted by Gasteiger charge is -2.09. The van der Waals surface area contributed by atoms with Gasteiger partial charge in [-0.2, -0.15) is 0 Å². The van der Waals surface area contributed by atoms with Crippen LogP contribution in [0.15, 0.2) is 0 Å². The van der Waals surface area contributed by atoms with Gasteiger partial charge in [0.25, 0.3) is 0 Å². The maximum absolute atomic E-state index is 11.2. The number of carbonyl (C=O) groups is 1. The third-order valence-electron chi connectivity index (χ3n) is 2.43. The second kappa shape index (κ2) is 12.5. The number of carbonyl (C=O) groups excluding carboxylic acids is 1. The molecule has 5 nitrogen and oxygen atoms in total. The van der Waals surface area contributed by atoms with Gasteiger partial charge in [-0.25, -0.2) is 0 Å². The average Bonchev–Trinajstić information content (AvgIpc) is 2.35.